The number of carboxylic acid groups (broad SMARTS) is 1. The van der Waals surface area contributed by atoms with Crippen molar-refractivity contribution in [3.63, 3.8) is 0 Å². The third kappa shape index (κ3) is 2.46. The number of hydrogen-bond donors (Lipinski definition) is 1. The molecule has 1 N–H and O–H groups in total. The van der Waals surface area contributed by atoms with Crippen LogP contribution in [0.15, 0.2) is 11.4 Å². The van der Waals surface area contributed by atoms with E-state index >= 15 is 0 Å². The van der Waals surface area contributed by atoms with Gasteiger partial charge in [0.25, 0.3) is 0 Å². The maximum atomic E-state index is 11.1. The highest BCUT2D eigenvalue weighted by Crippen LogP contribution is 2.25. The number of ether oxygens (including phenoxy) is 2. The Kier molecular flexibility index (Phi) is 3.47. The number of carbonyl (C=O) groups is 2. The molecular weight excluding hydrogens is 208 g/mol. The Labute approximate surface area is 83.9 Å². The quantitative estimate of drug-likeness (QED) is 0.760. The zero-order valence-electron chi connectivity index (χ0n) is 7.35. The molecule has 1 aromatic rings. The lowest BCUT2D eigenvalue weighted by atomic mass is 10.4. The number of methoxy groups -OCH3 is 1. The second-order valence-corrected chi connectivity index (χ2v) is 3.20. The van der Waals surface area contributed by atoms with Crippen LogP contribution in [0.5, 0.6) is 5.75 Å². The Morgan fingerprint density at radius 2 is 2.29 bits per heavy atom. The van der Waals surface area contributed by atoms with Crippen LogP contribution in [0.1, 0.15) is 9.67 Å². The normalized spacial score (nSPS) is 9.50. The third-order valence-electron chi connectivity index (χ3n) is 1.35. The smallest absolute Gasteiger partial charge is 0.351 e. The lowest BCUT2D eigenvalue weighted by Gasteiger charge is -2.02. The highest BCUT2D eigenvalue weighted by molar-refractivity contribution is 7.12. The lowest BCUT2D eigenvalue weighted by molar-refractivity contribution is -0.139. The van der Waals surface area contributed by atoms with E-state index in [4.69, 9.17) is 9.84 Å². The highest BCUT2D eigenvalue weighted by atomic mass is 32.1. The first-order chi connectivity index (χ1) is 6.65. The minimum absolute atomic E-state index is 0.240. The van der Waals surface area contributed by atoms with E-state index in [1.807, 2.05) is 0 Å². The molecule has 0 saturated carbocycles. The van der Waals surface area contributed by atoms with Crippen molar-refractivity contribution in [1.29, 1.82) is 0 Å². The van der Waals surface area contributed by atoms with Gasteiger partial charge in [-0.3, -0.25) is 0 Å². The number of aliphatic carboxylic acids is 1. The largest absolute Gasteiger partial charge is 0.480 e. The van der Waals surface area contributed by atoms with Crippen LogP contribution < -0.4 is 4.74 Å². The van der Waals surface area contributed by atoms with Crippen molar-refractivity contribution in [2.75, 3.05) is 13.7 Å². The first-order valence-electron chi connectivity index (χ1n) is 3.65. The van der Waals surface area contributed by atoms with E-state index in [1.54, 1.807) is 5.38 Å². The van der Waals surface area contributed by atoms with Crippen LogP contribution in [0.25, 0.3) is 0 Å². The molecule has 0 radical (unpaired) electrons. The first-order valence-corrected chi connectivity index (χ1v) is 4.53. The molecular formula is C8H8O5S. The number of carbonyl (C=O) groups excluding carboxylic acids is 1. The molecule has 0 aromatic carbocycles. The van der Waals surface area contributed by atoms with Crippen LogP contribution in [0.3, 0.4) is 0 Å². The van der Waals surface area contributed by atoms with Crippen LogP contribution >= 0.6 is 11.3 Å². The van der Waals surface area contributed by atoms with Gasteiger partial charge >= 0.3 is 11.9 Å². The summed E-state index contributed by atoms with van der Waals surface area (Å²) in [6, 6.07) is 1.53. The summed E-state index contributed by atoms with van der Waals surface area (Å²) in [5.41, 5.74) is 0. The Morgan fingerprint density at radius 1 is 1.57 bits per heavy atom. The van der Waals surface area contributed by atoms with Crippen LogP contribution in [0.4, 0.5) is 0 Å². The number of carboxylic acids is 1. The molecule has 14 heavy (non-hydrogen) atoms. The van der Waals surface area contributed by atoms with Gasteiger partial charge in [-0.1, -0.05) is 0 Å². The van der Waals surface area contributed by atoms with E-state index in [-0.39, 0.29) is 10.6 Å². The molecule has 0 bridgehead atoms. The van der Waals surface area contributed by atoms with E-state index in [2.05, 4.69) is 4.74 Å². The fraction of sp³-hybridized carbons (Fsp3) is 0.250. The van der Waals surface area contributed by atoms with Crippen molar-refractivity contribution in [1.82, 2.24) is 0 Å². The SMILES string of the molecule is COC(=O)c1sccc1OCC(=O)O. The molecule has 0 aliphatic heterocycles. The summed E-state index contributed by atoms with van der Waals surface area (Å²) in [6.45, 7) is -0.472. The van der Waals surface area contributed by atoms with Gasteiger partial charge in [0.2, 0.25) is 0 Å². The van der Waals surface area contributed by atoms with Gasteiger partial charge in [0.15, 0.2) is 11.5 Å². The van der Waals surface area contributed by atoms with Crippen molar-refractivity contribution < 1.29 is 24.2 Å². The maximum absolute atomic E-state index is 11.1. The minimum atomic E-state index is -1.09. The van der Waals surface area contributed by atoms with Gasteiger partial charge in [-0.25, -0.2) is 9.59 Å². The highest BCUT2D eigenvalue weighted by Gasteiger charge is 2.15. The van der Waals surface area contributed by atoms with Gasteiger partial charge in [0.1, 0.15) is 5.75 Å². The van der Waals surface area contributed by atoms with E-state index in [1.165, 1.54) is 13.2 Å². The summed E-state index contributed by atoms with van der Waals surface area (Å²) in [7, 11) is 1.25. The molecule has 0 amide bonds. The summed E-state index contributed by atoms with van der Waals surface area (Å²) in [5, 5.41) is 9.99. The van der Waals surface area contributed by atoms with Gasteiger partial charge in [-0.2, -0.15) is 0 Å². The lowest BCUT2D eigenvalue weighted by Crippen LogP contribution is -2.11. The van der Waals surface area contributed by atoms with Gasteiger partial charge in [0.05, 0.1) is 7.11 Å². The summed E-state index contributed by atoms with van der Waals surface area (Å²) in [6.07, 6.45) is 0. The van der Waals surface area contributed by atoms with Crippen LogP contribution in [-0.2, 0) is 9.53 Å². The summed E-state index contributed by atoms with van der Waals surface area (Å²) in [5.74, 6) is -1.38. The number of rotatable bonds is 4. The van der Waals surface area contributed by atoms with E-state index < -0.39 is 18.5 Å². The molecule has 0 aliphatic carbocycles. The fourth-order valence-electron chi connectivity index (χ4n) is 0.792. The zero-order valence-corrected chi connectivity index (χ0v) is 8.17. The number of hydrogen-bond acceptors (Lipinski definition) is 5. The average Bonchev–Trinajstić information content (AvgIpc) is 2.61. The van der Waals surface area contributed by atoms with Crippen LogP contribution in [-0.4, -0.2) is 30.8 Å². The fourth-order valence-corrected chi connectivity index (χ4v) is 1.54. The molecule has 6 heteroatoms. The summed E-state index contributed by atoms with van der Waals surface area (Å²) in [4.78, 5) is 21.6. The zero-order chi connectivity index (χ0) is 10.6. The summed E-state index contributed by atoms with van der Waals surface area (Å²) >= 11 is 1.14. The first kappa shape index (κ1) is 10.5. The van der Waals surface area contributed by atoms with E-state index in [0.29, 0.717) is 0 Å². The number of esters is 1. The van der Waals surface area contributed by atoms with Crippen molar-refractivity contribution in [2.24, 2.45) is 0 Å². The van der Waals surface area contributed by atoms with Crippen molar-refractivity contribution >= 4 is 23.3 Å². The van der Waals surface area contributed by atoms with Gasteiger partial charge in [-0.05, 0) is 11.4 Å². The molecule has 0 atom stereocenters. The van der Waals surface area contributed by atoms with Gasteiger partial charge in [0, 0.05) is 0 Å². The number of thiophene rings is 1. The Balaban J connectivity index is 2.72. The minimum Gasteiger partial charge on any atom is -0.480 e. The molecule has 0 fully saturated rings. The molecule has 0 unspecified atom stereocenters. The molecule has 1 aromatic heterocycles. The summed E-state index contributed by atoms with van der Waals surface area (Å²) < 4.78 is 9.36. The van der Waals surface area contributed by atoms with Crippen molar-refractivity contribution in [3.8, 4) is 5.75 Å². The van der Waals surface area contributed by atoms with Crippen molar-refractivity contribution in [2.45, 2.75) is 0 Å². The molecule has 5 nitrogen and oxygen atoms in total. The van der Waals surface area contributed by atoms with Crippen LogP contribution in [0, 0.1) is 0 Å². The predicted molar refractivity (Wildman–Crippen MR) is 48.8 cm³/mol. The predicted octanol–water partition coefficient (Wildman–Crippen LogP) is 0.998. The molecule has 0 saturated heterocycles. The molecule has 0 aliphatic rings. The van der Waals surface area contributed by atoms with E-state index in [0.717, 1.165) is 11.3 Å². The standard InChI is InChI=1S/C8H8O5S/c1-12-8(11)7-5(2-3-14-7)13-4-6(9)10/h2-3H,4H2,1H3,(H,9,10). The average molecular weight is 216 g/mol. The second kappa shape index (κ2) is 4.61. The molecule has 0 spiro atoms. The molecule has 1 heterocycles. The Morgan fingerprint density at radius 3 is 2.86 bits per heavy atom. The maximum Gasteiger partial charge on any atom is 0.351 e. The monoisotopic (exact) mass is 216 g/mol. The van der Waals surface area contributed by atoms with Gasteiger partial charge < -0.3 is 14.6 Å². The van der Waals surface area contributed by atoms with Gasteiger partial charge in [-0.15, -0.1) is 11.3 Å². The molecule has 76 valence electrons. The van der Waals surface area contributed by atoms with Crippen LogP contribution in [0.2, 0.25) is 0 Å². The Hall–Kier alpha value is -1.56. The molecule has 1 rings (SSSR count). The Bertz CT molecular complexity index is 343. The topological polar surface area (TPSA) is 72.8 Å². The van der Waals surface area contributed by atoms with E-state index in [9.17, 15) is 9.59 Å². The van der Waals surface area contributed by atoms with Crippen molar-refractivity contribution in [3.05, 3.63) is 16.3 Å². The third-order valence-corrected chi connectivity index (χ3v) is 2.23. The second-order valence-electron chi connectivity index (χ2n) is 2.29.